The Balaban J connectivity index is 1.59. The van der Waals surface area contributed by atoms with Crippen molar-refractivity contribution < 1.29 is 9.84 Å². The second-order valence-corrected chi connectivity index (χ2v) is 4.73. The Labute approximate surface area is 95.4 Å². The molecule has 0 aliphatic carbocycles. The molecule has 2 fully saturated rings. The van der Waals surface area contributed by atoms with Gasteiger partial charge in [-0.1, -0.05) is 18.2 Å². The Morgan fingerprint density at radius 1 is 1.31 bits per heavy atom. The summed E-state index contributed by atoms with van der Waals surface area (Å²) in [4.78, 5) is 0. The van der Waals surface area contributed by atoms with Crippen LogP contribution in [0.1, 0.15) is 24.8 Å². The molecule has 2 saturated heterocycles. The number of nitrogens with one attached hydrogen (secondary N) is 1. The van der Waals surface area contributed by atoms with Crippen molar-refractivity contribution >= 4 is 0 Å². The molecular formula is C13H17NO2. The van der Waals surface area contributed by atoms with Crippen LogP contribution in [0.4, 0.5) is 0 Å². The largest absolute Gasteiger partial charge is 0.508 e. The minimum atomic E-state index is 0.374. The van der Waals surface area contributed by atoms with Gasteiger partial charge in [0, 0.05) is 18.2 Å². The molecule has 2 N–H and O–H groups in total. The molecule has 0 spiro atoms. The molecule has 0 radical (unpaired) electrons. The van der Waals surface area contributed by atoms with Crippen molar-refractivity contribution in [1.29, 1.82) is 0 Å². The van der Waals surface area contributed by atoms with E-state index in [0.29, 0.717) is 24.0 Å². The lowest BCUT2D eigenvalue weighted by molar-refractivity contribution is 0.0972. The van der Waals surface area contributed by atoms with E-state index in [2.05, 4.69) is 5.32 Å². The molecule has 3 atom stereocenters. The van der Waals surface area contributed by atoms with Gasteiger partial charge >= 0.3 is 0 Å². The fourth-order valence-electron chi connectivity index (χ4n) is 2.75. The van der Waals surface area contributed by atoms with Gasteiger partial charge in [-0.15, -0.1) is 0 Å². The summed E-state index contributed by atoms with van der Waals surface area (Å²) in [6.07, 6.45) is 4.41. The molecule has 16 heavy (non-hydrogen) atoms. The number of para-hydroxylation sites is 1. The number of aromatic hydroxyl groups is 1. The zero-order chi connectivity index (χ0) is 11.0. The summed E-state index contributed by atoms with van der Waals surface area (Å²) in [6, 6.07) is 7.96. The molecule has 0 aromatic heterocycles. The quantitative estimate of drug-likeness (QED) is 0.814. The molecule has 2 bridgehead atoms. The van der Waals surface area contributed by atoms with E-state index in [4.69, 9.17) is 4.74 Å². The molecule has 0 saturated carbocycles. The van der Waals surface area contributed by atoms with E-state index in [1.54, 1.807) is 6.07 Å². The Hall–Kier alpha value is -1.06. The van der Waals surface area contributed by atoms with Crippen molar-refractivity contribution in [2.75, 3.05) is 0 Å². The zero-order valence-electron chi connectivity index (χ0n) is 9.23. The molecule has 3 nitrogen and oxygen atoms in total. The summed E-state index contributed by atoms with van der Waals surface area (Å²) in [5.41, 5.74) is 0.963. The van der Waals surface area contributed by atoms with Crippen LogP contribution in [0.3, 0.4) is 0 Å². The highest BCUT2D eigenvalue weighted by atomic mass is 16.5. The van der Waals surface area contributed by atoms with Gasteiger partial charge in [-0.2, -0.15) is 0 Å². The van der Waals surface area contributed by atoms with Crippen LogP contribution in [0, 0.1) is 0 Å². The second kappa shape index (κ2) is 4.07. The van der Waals surface area contributed by atoms with E-state index in [1.807, 2.05) is 18.2 Å². The van der Waals surface area contributed by atoms with Crippen molar-refractivity contribution in [2.45, 2.75) is 44.1 Å². The fourth-order valence-corrected chi connectivity index (χ4v) is 2.75. The van der Waals surface area contributed by atoms with Crippen molar-refractivity contribution in [3.63, 3.8) is 0 Å². The molecule has 1 aromatic rings. The van der Waals surface area contributed by atoms with Gasteiger partial charge in [0.15, 0.2) is 0 Å². The van der Waals surface area contributed by atoms with Crippen molar-refractivity contribution in [3.8, 4) is 5.75 Å². The molecule has 3 rings (SSSR count). The van der Waals surface area contributed by atoms with Gasteiger partial charge in [0.05, 0.1) is 12.2 Å². The molecule has 2 heterocycles. The monoisotopic (exact) mass is 219 g/mol. The average molecular weight is 219 g/mol. The molecule has 2 aliphatic heterocycles. The minimum Gasteiger partial charge on any atom is -0.508 e. The van der Waals surface area contributed by atoms with Gasteiger partial charge in [-0.3, -0.25) is 0 Å². The summed E-state index contributed by atoms with van der Waals surface area (Å²) in [5, 5.41) is 13.1. The Kier molecular flexibility index (Phi) is 2.58. The van der Waals surface area contributed by atoms with E-state index in [9.17, 15) is 5.11 Å². The first-order valence-corrected chi connectivity index (χ1v) is 5.98. The summed E-state index contributed by atoms with van der Waals surface area (Å²) in [6.45, 7) is 0.726. The van der Waals surface area contributed by atoms with Crippen molar-refractivity contribution in [2.24, 2.45) is 0 Å². The van der Waals surface area contributed by atoms with Gasteiger partial charge in [-0.05, 0) is 25.3 Å². The highest BCUT2D eigenvalue weighted by molar-refractivity contribution is 5.31. The molecule has 3 heteroatoms. The van der Waals surface area contributed by atoms with Gasteiger partial charge in [-0.25, -0.2) is 0 Å². The van der Waals surface area contributed by atoms with Gasteiger partial charge in [0.1, 0.15) is 5.75 Å². The summed E-state index contributed by atoms with van der Waals surface area (Å²) >= 11 is 0. The SMILES string of the molecule is Oc1ccccc1CNC1CC2CCC1O2. The smallest absolute Gasteiger partial charge is 0.120 e. The lowest BCUT2D eigenvalue weighted by Crippen LogP contribution is -2.36. The minimum absolute atomic E-state index is 0.374. The van der Waals surface area contributed by atoms with Crippen molar-refractivity contribution in [1.82, 2.24) is 5.32 Å². The Bertz CT molecular complexity index is 380. The third-order valence-electron chi connectivity index (χ3n) is 3.65. The molecule has 1 aromatic carbocycles. The first-order chi connectivity index (χ1) is 7.83. The lowest BCUT2D eigenvalue weighted by atomic mass is 9.95. The molecular weight excluding hydrogens is 202 g/mol. The third-order valence-corrected chi connectivity index (χ3v) is 3.65. The van der Waals surface area contributed by atoms with Gasteiger partial charge < -0.3 is 15.2 Å². The number of phenols is 1. The molecule has 86 valence electrons. The standard InChI is InChI=1S/C13H17NO2/c15-12-4-2-1-3-9(12)8-14-11-7-10-5-6-13(11)16-10/h1-4,10-11,13-15H,5-8H2. The van der Waals surface area contributed by atoms with E-state index in [0.717, 1.165) is 18.5 Å². The van der Waals surface area contributed by atoms with Gasteiger partial charge in [0.25, 0.3) is 0 Å². The van der Waals surface area contributed by atoms with E-state index in [-0.39, 0.29) is 0 Å². The highest BCUT2D eigenvalue weighted by Crippen LogP contribution is 2.34. The number of fused-ring (bicyclic) bond motifs is 2. The molecule has 3 unspecified atom stereocenters. The normalized spacial score (nSPS) is 32.1. The zero-order valence-corrected chi connectivity index (χ0v) is 9.23. The molecule has 2 aliphatic rings. The number of hydrogen-bond donors (Lipinski definition) is 2. The van der Waals surface area contributed by atoms with Crippen LogP contribution >= 0.6 is 0 Å². The van der Waals surface area contributed by atoms with Crippen LogP contribution in [0.15, 0.2) is 24.3 Å². The van der Waals surface area contributed by atoms with Crippen LogP contribution in [0.25, 0.3) is 0 Å². The predicted octanol–water partition coefficient (Wildman–Crippen LogP) is 1.80. The van der Waals surface area contributed by atoms with Crippen LogP contribution in [0.2, 0.25) is 0 Å². The maximum absolute atomic E-state index is 9.65. The maximum Gasteiger partial charge on any atom is 0.120 e. The average Bonchev–Trinajstić information content (AvgIpc) is 2.90. The Morgan fingerprint density at radius 3 is 2.88 bits per heavy atom. The number of benzene rings is 1. The second-order valence-electron chi connectivity index (χ2n) is 4.73. The fraction of sp³-hybridized carbons (Fsp3) is 0.538. The number of rotatable bonds is 3. The third kappa shape index (κ3) is 1.81. The summed E-state index contributed by atoms with van der Waals surface area (Å²) in [7, 11) is 0. The number of phenolic OH excluding ortho intramolecular Hbond substituents is 1. The van der Waals surface area contributed by atoms with Crippen LogP contribution in [-0.4, -0.2) is 23.4 Å². The van der Waals surface area contributed by atoms with Crippen LogP contribution in [-0.2, 0) is 11.3 Å². The topological polar surface area (TPSA) is 41.5 Å². The highest BCUT2D eigenvalue weighted by Gasteiger charge is 2.40. The summed E-state index contributed by atoms with van der Waals surface area (Å²) in [5.74, 6) is 0.374. The van der Waals surface area contributed by atoms with Gasteiger partial charge in [0.2, 0.25) is 0 Å². The number of hydrogen-bond acceptors (Lipinski definition) is 3. The van der Waals surface area contributed by atoms with E-state index < -0.39 is 0 Å². The van der Waals surface area contributed by atoms with E-state index >= 15 is 0 Å². The predicted molar refractivity (Wildman–Crippen MR) is 61.2 cm³/mol. The first-order valence-electron chi connectivity index (χ1n) is 5.98. The van der Waals surface area contributed by atoms with Crippen LogP contribution in [0.5, 0.6) is 5.75 Å². The van der Waals surface area contributed by atoms with E-state index in [1.165, 1.54) is 12.8 Å². The summed E-state index contributed by atoms with van der Waals surface area (Å²) < 4.78 is 5.78. The number of ether oxygens (including phenoxy) is 1. The molecule has 0 amide bonds. The van der Waals surface area contributed by atoms with Crippen molar-refractivity contribution in [3.05, 3.63) is 29.8 Å². The first kappa shape index (κ1) is 10.1. The maximum atomic E-state index is 9.65. The van der Waals surface area contributed by atoms with Crippen LogP contribution < -0.4 is 5.32 Å². The lowest BCUT2D eigenvalue weighted by Gasteiger charge is -2.20. The Morgan fingerprint density at radius 2 is 2.19 bits per heavy atom.